The summed E-state index contributed by atoms with van der Waals surface area (Å²) in [5.41, 5.74) is -0.0312. The molecule has 0 N–H and O–H groups in total. The molecule has 16 heavy (non-hydrogen) atoms. The summed E-state index contributed by atoms with van der Waals surface area (Å²) < 4.78 is 5.62. The second-order valence-electron chi connectivity index (χ2n) is 5.95. The Morgan fingerprint density at radius 1 is 0.688 bits per heavy atom. The molecule has 0 saturated carbocycles. The van der Waals surface area contributed by atoms with Gasteiger partial charge in [-0.05, 0) is 61.2 Å². The van der Waals surface area contributed by atoms with Crippen LogP contribution in [0.2, 0.25) is 0 Å². The Morgan fingerprint density at radius 3 is 0.938 bits per heavy atom. The van der Waals surface area contributed by atoms with Gasteiger partial charge in [-0.15, -0.1) is 0 Å². The second kappa shape index (κ2) is 8.08. The zero-order valence-corrected chi connectivity index (χ0v) is 13.0. The lowest BCUT2D eigenvalue weighted by molar-refractivity contribution is -0.102. The van der Waals surface area contributed by atoms with Gasteiger partial charge in [0.2, 0.25) is 0 Å². The largest absolute Gasteiger partial charge is 0.370 e. The van der Waals surface area contributed by atoms with Crippen LogP contribution >= 0.6 is 0 Å². The average Bonchev–Trinajstić information content (AvgIpc) is 2.01. The molecule has 0 aliphatic rings. The van der Waals surface area contributed by atoms with Crippen LogP contribution in [0.3, 0.4) is 0 Å². The third-order valence-electron chi connectivity index (χ3n) is 1.95. The lowest BCUT2D eigenvalue weighted by Crippen LogP contribution is -2.31. The Balaban J connectivity index is 0. The fraction of sp³-hybridized carbons (Fsp3) is 1.00. The summed E-state index contributed by atoms with van der Waals surface area (Å²) >= 11 is 0. The van der Waals surface area contributed by atoms with E-state index in [4.69, 9.17) is 4.74 Å². The van der Waals surface area contributed by atoms with Gasteiger partial charge in [-0.25, -0.2) is 0 Å². The molecule has 0 aliphatic heterocycles. The maximum atomic E-state index is 5.62. The van der Waals surface area contributed by atoms with Crippen molar-refractivity contribution in [1.29, 1.82) is 0 Å². The maximum absolute atomic E-state index is 5.62. The van der Waals surface area contributed by atoms with Crippen LogP contribution in [0, 0.1) is 0 Å². The quantitative estimate of drug-likeness (QED) is 0.729. The van der Waals surface area contributed by atoms with Crippen LogP contribution in [0.4, 0.5) is 0 Å². The molecule has 2 heteroatoms. The van der Waals surface area contributed by atoms with E-state index < -0.39 is 0 Å². The highest BCUT2D eigenvalue weighted by Crippen LogP contribution is 2.17. The predicted molar refractivity (Wildman–Crippen MR) is 74.1 cm³/mol. The smallest absolute Gasteiger partial charge is 0.0605 e. The van der Waals surface area contributed by atoms with Crippen LogP contribution in [0.1, 0.15) is 62.3 Å². The molecule has 0 saturated heterocycles. The van der Waals surface area contributed by atoms with Crippen LogP contribution in [-0.2, 0) is 4.74 Å². The molecule has 0 bridgehead atoms. The van der Waals surface area contributed by atoms with Gasteiger partial charge in [0.25, 0.3) is 0 Å². The molecule has 0 aromatic heterocycles. The van der Waals surface area contributed by atoms with Crippen molar-refractivity contribution in [3.63, 3.8) is 0 Å². The zero-order valence-electron chi connectivity index (χ0n) is 13.0. The van der Waals surface area contributed by atoms with E-state index in [2.05, 4.69) is 67.2 Å². The lowest BCUT2D eigenvalue weighted by atomic mass is 10.1. The van der Waals surface area contributed by atoms with Gasteiger partial charge in [0.05, 0.1) is 11.2 Å². The van der Waals surface area contributed by atoms with E-state index >= 15 is 0 Å². The zero-order chi connectivity index (χ0) is 13.4. The highest BCUT2D eigenvalue weighted by Gasteiger charge is 2.19. The van der Waals surface area contributed by atoms with E-state index in [0.29, 0.717) is 0 Å². The summed E-state index contributed by atoms with van der Waals surface area (Å²) in [7, 11) is 0. The van der Waals surface area contributed by atoms with E-state index in [1.54, 1.807) is 0 Å². The number of hydrogen-bond donors (Lipinski definition) is 0. The molecule has 0 aromatic carbocycles. The van der Waals surface area contributed by atoms with Gasteiger partial charge in [-0.3, -0.25) is 0 Å². The van der Waals surface area contributed by atoms with Crippen molar-refractivity contribution in [2.24, 2.45) is 0 Å². The fourth-order valence-electron chi connectivity index (χ4n) is 1.59. The minimum absolute atomic E-state index is 0.0156. The topological polar surface area (TPSA) is 12.5 Å². The first-order chi connectivity index (χ1) is 7.05. The van der Waals surface area contributed by atoms with Crippen molar-refractivity contribution >= 4 is 0 Å². The van der Waals surface area contributed by atoms with Gasteiger partial charge < -0.3 is 9.64 Å². The Hall–Kier alpha value is -0.0800. The van der Waals surface area contributed by atoms with Gasteiger partial charge in [-0.1, -0.05) is 20.8 Å². The third kappa shape index (κ3) is 16.4. The molecule has 0 aromatic rings. The van der Waals surface area contributed by atoms with Gasteiger partial charge in [0.1, 0.15) is 0 Å². The molecule has 100 valence electrons. The van der Waals surface area contributed by atoms with E-state index in [9.17, 15) is 0 Å². The first-order valence-electron chi connectivity index (χ1n) is 6.48. The number of ether oxygens (including phenoxy) is 1. The summed E-state index contributed by atoms with van der Waals surface area (Å²) in [6.07, 6.45) is 0. The first-order valence-corrected chi connectivity index (χ1v) is 6.48. The van der Waals surface area contributed by atoms with Gasteiger partial charge in [0, 0.05) is 0 Å². The van der Waals surface area contributed by atoms with Gasteiger partial charge in [0.15, 0.2) is 0 Å². The predicted octanol–water partition coefficient (Wildman–Crippen LogP) is 3.95. The summed E-state index contributed by atoms with van der Waals surface area (Å²) in [4.78, 5) is 2.38. The van der Waals surface area contributed by atoms with Crippen molar-refractivity contribution in [2.75, 3.05) is 19.6 Å². The minimum Gasteiger partial charge on any atom is -0.370 e. The molecule has 0 radical (unpaired) electrons. The Bertz CT molecular complexity index is 132. The Kier molecular flexibility index (Phi) is 9.23. The molecule has 0 fully saturated rings. The molecular weight excluding hydrogens is 198 g/mol. The summed E-state index contributed by atoms with van der Waals surface area (Å²) in [5, 5.41) is 0. The summed E-state index contributed by atoms with van der Waals surface area (Å²) in [6, 6.07) is 0. The van der Waals surface area contributed by atoms with Crippen molar-refractivity contribution in [2.45, 2.75) is 73.5 Å². The van der Waals surface area contributed by atoms with Crippen LogP contribution in [0.25, 0.3) is 0 Å². The van der Waals surface area contributed by atoms with Crippen molar-refractivity contribution in [1.82, 2.24) is 4.90 Å². The highest BCUT2D eigenvalue weighted by molar-refractivity contribution is 4.68. The first kappa shape index (κ1) is 18.3. The number of nitrogens with zero attached hydrogens (tertiary/aromatic N) is 1. The number of hydrogen-bond acceptors (Lipinski definition) is 2. The van der Waals surface area contributed by atoms with E-state index in [1.807, 2.05) is 0 Å². The number of rotatable bonds is 3. The van der Waals surface area contributed by atoms with Gasteiger partial charge in [-0.2, -0.15) is 0 Å². The van der Waals surface area contributed by atoms with Crippen LogP contribution in [0.5, 0.6) is 0 Å². The van der Waals surface area contributed by atoms with E-state index in [1.165, 1.54) is 19.6 Å². The molecule has 0 rings (SSSR count). The standard InChI is InChI=1S/C8H18O.C6H15N/c1-7(2,3)9-8(4,5)6;1-4-7(5-2)6-3/h1-6H3;4-6H2,1-3H3. The van der Waals surface area contributed by atoms with Crippen molar-refractivity contribution in [3.05, 3.63) is 0 Å². The second-order valence-corrected chi connectivity index (χ2v) is 5.95. The molecular formula is C14H33NO. The van der Waals surface area contributed by atoms with Crippen LogP contribution in [0.15, 0.2) is 0 Å². The third-order valence-corrected chi connectivity index (χ3v) is 1.95. The average molecular weight is 231 g/mol. The summed E-state index contributed by atoms with van der Waals surface area (Å²) in [6.45, 7) is 22.5. The van der Waals surface area contributed by atoms with Crippen molar-refractivity contribution in [3.8, 4) is 0 Å². The Labute approximate surface area is 103 Å². The molecule has 0 atom stereocenters. The fourth-order valence-corrected chi connectivity index (χ4v) is 1.59. The maximum Gasteiger partial charge on any atom is 0.0605 e. The van der Waals surface area contributed by atoms with Gasteiger partial charge >= 0.3 is 0 Å². The highest BCUT2D eigenvalue weighted by atomic mass is 16.5. The lowest BCUT2D eigenvalue weighted by Gasteiger charge is -2.30. The molecule has 0 amide bonds. The van der Waals surface area contributed by atoms with E-state index in [-0.39, 0.29) is 11.2 Å². The molecule has 0 aliphatic carbocycles. The molecule has 2 nitrogen and oxygen atoms in total. The Morgan fingerprint density at radius 2 is 0.938 bits per heavy atom. The SMILES string of the molecule is CC(C)(C)OC(C)(C)C.CCN(CC)CC. The van der Waals surface area contributed by atoms with E-state index in [0.717, 1.165) is 0 Å². The monoisotopic (exact) mass is 231 g/mol. The minimum atomic E-state index is -0.0156. The van der Waals surface area contributed by atoms with Crippen molar-refractivity contribution < 1.29 is 4.74 Å². The van der Waals surface area contributed by atoms with Crippen LogP contribution in [-0.4, -0.2) is 35.7 Å². The summed E-state index contributed by atoms with van der Waals surface area (Å²) in [5.74, 6) is 0. The normalized spacial score (nSPS) is 12.4. The van der Waals surface area contributed by atoms with Crippen LogP contribution < -0.4 is 0 Å². The molecule has 0 unspecified atom stereocenters. The molecule has 0 heterocycles. The molecule has 0 spiro atoms.